The number of rotatable bonds is 9. The molecule has 2 atom stereocenters. The molecule has 14 heteroatoms. The van der Waals surface area contributed by atoms with Crippen LogP contribution in [0, 0.1) is 22.9 Å². The van der Waals surface area contributed by atoms with Gasteiger partial charge < -0.3 is 35.1 Å². The van der Waals surface area contributed by atoms with E-state index in [1.54, 1.807) is 16.4 Å². The van der Waals surface area contributed by atoms with Gasteiger partial charge in [0.15, 0.2) is 5.82 Å². The molecule has 12 nitrogen and oxygen atoms in total. The van der Waals surface area contributed by atoms with Crippen LogP contribution < -0.4 is 15.6 Å². The molecule has 38 heavy (non-hydrogen) atoms. The fourth-order valence-electron chi connectivity index (χ4n) is 5.05. The van der Waals surface area contributed by atoms with Crippen LogP contribution in [0.15, 0.2) is 23.3 Å². The zero-order valence-electron chi connectivity index (χ0n) is 20.4. The normalized spacial score (nSPS) is 18.3. The number of pyridine rings is 1. The smallest absolute Gasteiger partial charge is 0.342 e. The summed E-state index contributed by atoms with van der Waals surface area (Å²) in [5.74, 6) is -1.87. The topological polar surface area (TPSA) is 156 Å². The third-order valence-corrected chi connectivity index (χ3v) is 7.47. The predicted molar refractivity (Wildman–Crippen MR) is 137 cm³/mol. The summed E-state index contributed by atoms with van der Waals surface area (Å²) in [6.07, 6.45) is 3.75. The van der Waals surface area contributed by atoms with Gasteiger partial charge in [-0.25, -0.2) is 18.7 Å². The molecule has 5 rings (SSSR count). The fourth-order valence-corrected chi connectivity index (χ4v) is 5.46. The van der Waals surface area contributed by atoms with Crippen LogP contribution >= 0.6 is 11.6 Å². The zero-order valence-corrected chi connectivity index (χ0v) is 21.2. The number of carbonyl (C=O) groups is 1. The van der Waals surface area contributed by atoms with E-state index in [2.05, 4.69) is 10.3 Å². The van der Waals surface area contributed by atoms with E-state index >= 15 is 4.39 Å². The lowest BCUT2D eigenvalue weighted by molar-refractivity contribution is -0.392. The van der Waals surface area contributed by atoms with Crippen LogP contribution in [0.3, 0.4) is 0 Å². The number of hydrogen-bond donors (Lipinski definition) is 3. The third kappa shape index (κ3) is 4.72. The van der Waals surface area contributed by atoms with Crippen LogP contribution in [0.25, 0.3) is 10.9 Å². The first-order valence-electron chi connectivity index (χ1n) is 12.2. The molecular weight excluding hydrogens is 523 g/mol. The summed E-state index contributed by atoms with van der Waals surface area (Å²) in [5, 5.41) is 34.3. The van der Waals surface area contributed by atoms with Crippen LogP contribution in [-0.4, -0.2) is 67.0 Å². The van der Waals surface area contributed by atoms with Crippen molar-refractivity contribution in [3.63, 3.8) is 0 Å². The van der Waals surface area contributed by atoms with Crippen molar-refractivity contribution in [2.45, 2.75) is 50.9 Å². The highest BCUT2D eigenvalue weighted by molar-refractivity contribution is 6.38. The Morgan fingerprint density at radius 3 is 2.79 bits per heavy atom. The van der Waals surface area contributed by atoms with Gasteiger partial charge in [0.25, 0.3) is 0 Å². The van der Waals surface area contributed by atoms with Gasteiger partial charge in [0.1, 0.15) is 30.2 Å². The molecule has 1 saturated heterocycles. The van der Waals surface area contributed by atoms with Gasteiger partial charge in [-0.3, -0.25) is 4.79 Å². The van der Waals surface area contributed by atoms with E-state index in [0.29, 0.717) is 30.9 Å². The quantitative estimate of drug-likeness (QED) is 0.270. The van der Waals surface area contributed by atoms with Crippen LogP contribution in [0.1, 0.15) is 41.5 Å². The lowest BCUT2D eigenvalue weighted by atomic mass is 10.1. The second kappa shape index (κ2) is 9.97. The van der Waals surface area contributed by atoms with E-state index < -0.39 is 33.8 Å². The number of halogens is 2. The van der Waals surface area contributed by atoms with Crippen molar-refractivity contribution in [3.05, 3.63) is 61.0 Å². The minimum atomic E-state index is -1.37. The van der Waals surface area contributed by atoms with E-state index in [1.807, 2.05) is 0 Å². The minimum Gasteiger partial charge on any atom is -0.477 e. The number of imidazole rings is 1. The molecule has 0 amide bonds. The van der Waals surface area contributed by atoms with Crippen LogP contribution in [0.2, 0.25) is 5.02 Å². The highest BCUT2D eigenvalue weighted by Gasteiger charge is 2.32. The maximum absolute atomic E-state index is 15.3. The van der Waals surface area contributed by atoms with Crippen molar-refractivity contribution in [2.24, 2.45) is 0 Å². The number of carboxylic acid groups (broad SMARTS) is 1. The maximum atomic E-state index is 15.3. The largest absolute Gasteiger partial charge is 0.477 e. The third-order valence-electron chi connectivity index (χ3n) is 7.12. The number of aliphatic hydroxyl groups is 1. The fraction of sp³-hybridized carbons (Fsp3) is 0.458. The SMILES string of the molecule is Cc1ncc([N+](=O)[O-])n1CC(O)CNC1CCN(c2c(F)cc3c(=O)c(C(=O)O)cn(C4CC4)c3c2Cl)C1. The summed E-state index contributed by atoms with van der Waals surface area (Å²) < 4.78 is 18.4. The maximum Gasteiger partial charge on any atom is 0.342 e. The van der Waals surface area contributed by atoms with Gasteiger partial charge in [0, 0.05) is 44.8 Å². The molecule has 0 bridgehead atoms. The Morgan fingerprint density at radius 1 is 1.39 bits per heavy atom. The number of hydrogen-bond acceptors (Lipinski definition) is 8. The molecule has 202 valence electrons. The van der Waals surface area contributed by atoms with Crippen molar-refractivity contribution < 1.29 is 24.3 Å². The van der Waals surface area contributed by atoms with Crippen molar-refractivity contribution in [1.29, 1.82) is 0 Å². The highest BCUT2D eigenvalue weighted by Crippen LogP contribution is 2.42. The van der Waals surface area contributed by atoms with Crippen LogP contribution in [-0.2, 0) is 6.54 Å². The van der Waals surface area contributed by atoms with Gasteiger partial charge in [-0.15, -0.1) is 0 Å². The van der Waals surface area contributed by atoms with E-state index in [0.717, 1.165) is 25.1 Å². The number of anilines is 1. The monoisotopic (exact) mass is 548 g/mol. The molecule has 1 aliphatic carbocycles. The van der Waals surface area contributed by atoms with Gasteiger partial charge in [-0.1, -0.05) is 11.6 Å². The second-order valence-electron chi connectivity index (χ2n) is 9.76. The number of nitrogens with one attached hydrogen (secondary N) is 1. The minimum absolute atomic E-state index is 0.00329. The number of aliphatic hydroxyl groups excluding tert-OH is 1. The Balaban J connectivity index is 1.34. The molecule has 0 radical (unpaired) electrons. The number of nitrogens with zero attached hydrogens (tertiary/aromatic N) is 5. The van der Waals surface area contributed by atoms with E-state index in [-0.39, 0.29) is 47.1 Å². The Morgan fingerprint density at radius 2 is 2.13 bits per heavy atom. The average molecular weight is 549 g/mol. The van der Waals surface area contributed by atoms with Crippen LogP contribution in [0.4, 0.5) is 15.9 Å². The standard InChI is InChI=1S/C24H26ClFN6O6/c1-12-27-8-19(32(37)38)30(12)10-15(33)7-28-13-4-5-29(9-13)22-18(26)6-16-21(20(22)25)31(14-2-3-14)11-17(23(16)34)24(35)36/h6,8,11,13-15,28,33H,2-5,7,9-10H2,1H3,(H,35,36). The molecule has 2 aromatic heterocycles. The van der Waals surface area contributed by atoms with Gasteiger partial charge in [-0.2, -0.15) is 0 Å². The first kappa shape index (κ1) is 26.1. The Labute approximate surface area is 220 Å². The van der Waals surface area contributed by atoms with E-state index in [4.69, 9.17) is 11.6 Å². The summed E-state index contributed by atoms with van der Waals surface area (Å²) in [6.45, 7) is 2.60. The summed E-state index contributed by atoms with van der Waals surface area (Å²) in [7, 11) is 0. The lowest BCUT2D eigenvalue weighted by Crippen LogP contribution is -2.39. The molecule has 1 aromatic carbocycles. The van der Waals surface area contributed by atoms with Crippen molar-refractivity contribution in [3.8, 4) is 0 Å². The molecular formula is C24H26ClFN6O6. The molecule has 3 heterocycles. The predicted octanol–water partition coefficient (Wildman–Crippen LogP) is 2.47. The summed E-state index contributed by atoms with van der Waals surface area (Å²) in [6, 6.07) is 0.945. The number of benzene rings is 1. The molecule has 0 spiro atoms. The van der Waals surface area contributed by atoms with Gasteiger partial charge in [-0.05, 0) is 30.3 Å². The van der Waals surface area contributed by atoms with E-state index in [1.165, 1.54) is 10.8 Å². The number of fused-ring (bicyclic) bond motifs is 1. The van der Waals surface area contributed by atoms with Crippen molar-refractivity contribution in [2.75, 3.05) is 24.5 Å². The first-order valence-corrected chi connectivity index (χ1v) is 12.6. The summed E-state index contributed by atoms with van der Waals surface area (Å²) in [4.78, 5) is 40.7. The van der Waals surface area contributed by atoms with E-state index in [9.17, 15) is 29.9 Å². The van der Waals surface area contributed by atoms with Gasteiger partial charge in [0.2, 0.25) is 5.43 Å². The number of aromatic nitrogens is 3. The van der Waals surface area contributed by atoms with Crippen LogP contribution in [0.5, 0.6) is 0 Å². The highest BCUT2D eigenvalue weighted by atomic mass is 35.5. The number of aromatic carboxylic acids is 1. The second-order valence-corrected chi connectivity index (χ2v) is 10.1. The molecule has 2 unspecified atom stereocenters. The molecule has 2 aliphatic rings. The average Bonchev–Trinajstić information content (AvgIpc) is 3.49. The first-order chi connectivity index (χ1) is 18.1. The van der Waals surface area contributed by atoms with Gasteiger partial charge in [0.05, 0.1) is 21.6 Å². The summed E-state index contributed by atoms with van der Waals surface area (Å²) in [5.41, 5.74) is -0.733. The Kier molecular flexibility index (Phi) is 6.84. The van der Waals surface area contributed by atoms with Crippen molar-refractivity contribution in [1.82, 2.24) is 19.4 Å². The Hall–Kier alpha value is -3.55. The molecule has 3 N–H and O–H groups in total. The Bertz CT molecular complexity index is 1500. The summed E-state index contributed by atoms with van der Waals surface area (Å²) >= 11 is 6.70. The molecule has 2 fully saturated rings. The number of carboxylic acids is 1. The van der Waals surface area contributed by atoms with Crippen molar-refractivity contribution >= 4 is 40.0 Å². The molecule has 1 saturated carbocycles. The zero-order chi connectivity index (χ0) is 27.3. The lowest BCUT2D eigenvalue weighted by Gasteiger charge is -2.24. The van der Waals surface area contributed by atoms with Gasteiger partial charge >= 0.3 is 11.8 Å². The molecule has 1 aliphatic heterocycles. The number of aryl methyl sites for hydroxylation is 1. The molecule has 3 aromatic rings. The number of nitro groups is 1.